The highest BCUT2D eigenvalue weighted by atomic mass is 19.4. The van der Waals surface area contributed by atoms with Gasteiger partial charge in [0.25, 0.3) is 0 Å². The minimum Gasteiger partial charge on any atom is -0.369 e. The van der Waals surface area contributed by atoms with Crippen molar-refractivity contribution in [1.82, 2.24) is 10.2 Å². The Hall–Kier alpha value is -2.25. The summed E-state index contributed by atoms with van der Waals surface area (Å²) in [5.74, 6) is -0.587. The van der Waals surface area contributed by atoms with E-state index in [2.05, 4.69) is 5.32 Å². The molecule has 1 aromatic carbocycles. The molecule has 1 saturated heterocycles. The van der Waals surface area contributed by atoms with E-state index in [-0.39, 0.29) is 24.4 Å². The van der Waals surface area contributed by atoms with Gasteiger partial charge in [0.2, 0.25) is 5.91 Å². The lowest BCUT2D eigenvalue weighted by Gasteiger charge is -2.30. The number of amides is 3. The van der Waals surface area contributed by atoms with E-state index in [1.165, 1.54) is 17.0 Å². The van der Waals surface area contributed by atoms with Crippen molar-refractivity contribution >= 4 is 11.9 Å². The Morgan fingerprint density at radius 1 is 1.26 bits per heavy atom. The normalized spacial score (nSPS) is 16.2. The molecular formula is C15H18F3N3O2. The van der Waals surface area contributed by atoms with Crippen molar-refractivity contribution < 1.29 is 22.8 Å². The molecule has 1 aliphatic heterocycles. The summed E-state index contributed by atoms with van der Waals surface area (Å²) in [6, 6.07) is 4.47. The van der Waals surface area contributed by atoms with E-state index in [9.17, 15) is 22.8 Å². The van der Waals surface area contributed by atoms with Crippen molar-refractivity contribution in [2.45, 2.75) is 25.6 Å². The van der Waals surface area contributed by atoms with Gasteiger partial charge >= 0.3 is 12.2 Å². The minimum absolute atomic E-state index is 0.0124. The fourth-order valence-corrected chi connectivity index (χ4v) is 2.51. The van der Waals surface area contributed by atoms with Crippen molar-refractivity contribution in [3.8, 4) is 0 Å². The maximum atomic E-state index is 12.6. The molecule has 1 heterocycles. The van der Waals surface area contributed by atoms with E-state index in [1.807, 2.05) is 0 Å². The monoisotopic (exact) mass is 329 g/mol. The zero-order valence-corrected chi connectivity index (χ0v) is 12.4. The first-order valence-corrected chi connectivity index (χ1v) is 7.25. The van der Waals surface area contributed by atoms with Crippen LogP contribution in [-0.4, -0.2) is 29.9 Å². The van der Waals surface area contributed by atoms with Crippen molar-refractivity contribution in [3.05, 3.63) is 35.4 Å². The van der Waals surface area contributed by atoms with Crippen LogP contribution in [0.1, 0.15) is 24.0 Å². The molecule has 0 spiro atoms. The zero-order valence-electron chi connectivity index (χ0n) is 12.4. The average Bonchev–Trinajstić information content (AvgIpc) is 2.52. The number of halogens is 3. The van der Waals surface area contributed by atoms with Gasteiger partial charge in [-0.05, 0) is 30.5 Å². The Kier molecular flexibility index (Phi) is 5.12. The van der Waals surface area contributed by atoms with E-state index in [0.29, 0.717) is 31.5 Å². The Morgan fingerprint density at radius 3 is 2.48 bits per heavy atom. The van der Waals surface area contributed by atoms with Crippen LogP contribution in [0.3, 0.4) is 0 Å². The summed E-state index contributed by atoms with van der Waals surface area (Å²) in [4.78, 5) is 24.6. The van der Waals surface area contributed by atoms with Crippen molar-refractivity contribution in [2.75, 3.05) is 13.1 Å². The molecule has 8 heteroatoms. The number of rotatable bonds is 3. The molecule has 0 aromatic heterocycles. The Balaban J connectivity index is 1.87. The highest BCUT2D eigenvalue weighted by molar-refractivity contribution is 5.78. The number of nitrogens with one attached hydrogen (secondary N) is 1. The fraction of sp³-hybridized carbons (Fsp3) is 0.467. The van der Waals surface area contributed by atoms with E-state index < -0.39 is 11.7 Å². The largest absolute Gasteiger partial charge is 0.416 e. The molecule has 5 nitrogen and oxygen atoms in total. The maximum Gasteiger partial charge on any atom is 0.416 e. The topological polar surface area (TPSA) is 75.4 Å². The summed E-state index contributed by atoms with van der Waals surface area (Å²) >= 11 is 0. The van der Waals surface area contributed by atoms with Crippen LogP contribution < -0.4 is 11.1 Å². The maximum absolute atomic E-state index is 12.6. The Bertz CT molecular complexity index is 582. The summed E-state index contributed by atoms with van der Waals surface area (Å²) < 4.78 is 37.9. The summed E-state index contributed by atoms with van der Waals surface area (Å²) in [6.45, 7) is 0.822. The van der Waals surface area contributed by atoms with Crippen LogP contribution in [0, 0.1) is 5.92 Å². The number of likely N-dealkylation sites (tertiary alicyclic amines) is 1. The van der Waals surface area contributed by atoms with Gasteiger partial charge in [-0.1, -0.05) is 12.1 Å². The van der Waals surface area contributed by atoms with Gasteiger partial charge in [-0.3, -0.25) is 4.79 Å². The van der Waals surface area contributed by atoms with Gasteiger partial charge in [0.1, 0.15) is 0 Å². The smallest absolute Gasteiger partial charge is 0.369 e. The molecule has 3 N–H and O–H groups in total. The van der Waals surface area contributed by atoms with Gasteiger partial charge in [0, 0.05) is 25.6 Å². The van der Waals surface area contributed by atoms with Crippen molar-refractivity contribution in [3.63, 3.8) is 0 Å². The molecule has 23 heavy (non-hydrogen) atoms. The molecule has 0 aliphatic carbocycles. The van der Waals surface area contributed by atoms with E-state index in [1.54, 1.807) is 0 Å². The van der Waals surface area contributed by atoms with Crippen LogP contribution in [0.25, 0.3) is 0 Å². The van der Waals surface area contributed by atoms with Crippen LogP contribution in [-0.2, 0) is 17.5 Å². The van der Waals surface area contributed by atoms with Crippen molar-refractivity contribution in [2.24, 2.45) is 11.7 Å². The Labute approximate surface area is 131 Å². The SMILES string of the molecule is NC(=O)C1CCN(C(=O)NCc2cccc(C(F)(F)F)c2)CC1. The third kappa shape index (κ3) is 4.61. The van der Waals surface area contributed by atoms with Gasteiger partial charge < -0.3 is 16.0 Å². The van der Waals surface area contributed by atoms with E-state index in [0.717, 1.165) is 12.1 Å². The number of carbonyl (C=O) groups is 2. The number of urea groups is 1. The molecule has 0 saturated carbocycles. The highest BCUT2D eigenvalue weighted by Gasteiger charge is 2.30. The second-order valence-corrected chi connectivity index (χ2v) is 5.52. The standard InChI is InChI=1S/C15H18F3N3O2/c16-15(17,18)12-3-1-2-10(8-12)9-20-14(23)21-6-4-11(5-7-21)13(19)22/h1-3,8,11H,4-7,9H2,(H2,19,22)(H,20,23). The molecule has 0 unspecified atom stereocenters. The number of piperidine rings is 1. The van der Waals surface area contributed by atoms with Crippen LogP contribution in [0.4, 0.5) is 18.0 Å². The number of hydrogen-bond acceptors (Lipinski definition) is 2. The zero-order chi connectivity index (χ0) is 17.0. The molecule has 0 atom stereocenters. The summed E-state index contributed by atoms with van der Waals surface area (Å²) in [6.07, 6.45) is -3.39. The molecule has 1 fully saturated rings. The summed E-state index contributed by atoms with van der Waals surface area (Å²) in [5, 5.41) is 2.59. The second kappa shape index (κ2) is 6.89. The molecule has 2 rings (SSSR count). The summed E-state index contributed by atoms with van der Waals surface area (Å²) in [7, 11) is 0. The van der Waals surface area contributed by atoms with Crippen molar-refractivity contribution in [1.29, 1.82) is 0 Å². The second-order valence-electron chi connectivity index (χ2n) is 5.52. The minimum atomic E-state index is -4.41. The summed E-state index contributed by atoms with van der Waals surface area (Å²) in [5.41, 5.74) is 4.85. The molecule has 126 valence electrons. The van der Waals surface area contributed by atoms with Crippen LogP contribution in [0.15, 0.2) is 24.3 Å². The van der Waals surface area contributed by atoms with Crippen LogP contribution in [0.2, 0.25) is 0 Å². The lowest BCUT2D eigenvalue weighted by molar-refractivity contribution is -0.137. The quantitative estimate of drug-likeness (QED) is 0.891. The van der Waals surface area contributed by atoms with Gasteiger partial charge in [-0.2, -0.15) is 13.2 Å². The molecule has 0 bridgehead atoms. The first kappa shape index (κ1) is 17.1. The number of nitrogens with zero attached hydrogens (tertiary/aromatic N) is 1. The van der Waals surface area contributed by atoms with Crippen LogP contribution >= 0.6 is 0 Å². The number of alkyl halides is 3. The van der Waals surface area contributed by atoms with Gasteiger partial charge in [0.15, 0.2) is 0 Å². The molecular weight excluding hydrogens is 311 g/mol. The number of carbonyl (C=O) groups excluding carboxylic acids is 2. The molecule has 1 aromatic rings. The predicted octanol–water partition coefficient (Wildman–Crippen LogP) is 2.11. The molecule has 1 aliphatic rings. The van der Waals surface area contributed by atoms with Crippen LogP contribution in [0.5, 0.6) is 0 Å². The van der Waals surface area contributed by atoms with Gasteiger partial charge in [-0.15, -0.1) is 0 Å². The third-order valence-corrected chi connectivity index (χ3v) is 3.88. The molecule has 0 radical (unpaired) electrons. The lowest BCUT2D eigenvalue weighted by atomic mass is 9.96. The fourth-order valence-electron chi connectivity index (χ4n) is 2.51. The first-order valence-electron chi connectivity index (χ1n) is 7.25. The third-order valence-electron chi connectivity index (χ3n) is 3.88. The van der Waals surface area contributed by atoms with E-state index >= 15 is 0 Å². The highest BCUT2D eigenvalue weighted by Crippen LogP contribution is 2.29. The first-order chi connectivity index (χ1) is 10.8. The molecule has 3 amide bonds. The lowest BCUT2D eigenvalue weighted by Crippen LogP contribution is -2.46. The average molecular weight is 329 g/mol. The number of hydrogen-bond donors (Lipinski definition) is 2. The van der Waals surface area contributed by atoms with Gasteiger partial charge in [0.05, 0.1) is 5.56 Å². The Morgan fingerprint density at radius 2 is 1.91 bits per heavy atom. The van der Waals surface area contributed by atoms with E-state index in [4.69, 9.17) is 5.73 Å². The van der Waals surface area contributed by atoms with Gasteiger partial charge in [-0.25, -0.2) is 4.79 Å². The number of primary amides is 1. The predicted molar refractivity (Wildman–Crippen MR) is 77.2 cm³/mol. The number of benzene rings is 1. The number of nitrogens with two attached hydrogens (primary N) is 1.